The molecule has 0 fully saturated rings. The van der Waals surface area contributed by atoms with E-state index in [1.807, 2.05) is 38.1 Å². The normalized spacial score (nSPS) is 10.0. The van der Waals surface area contributed by atoms with Gasteiger partial charge in [-0.05, 0) is 37.6 Å². The highest BCUT2D eigenvalue weighted by Crippen LogP contribution is 2.08. The summed E-state index contributed by atoms with van der Waals surface area (Å²) in [5.74, 6) is 0.437. The summed E-state index contributed by atoms with van der Waals surface area (Å²) in [6.07, 6.45) is 1.73. The molecular weight excluding hydrogens is 212 g/mol. The van der Waals surface area contributed by atoms with Crippen molar-refractivity contribution in [3.8, 4) is 0 Å². The van der Waals surface area contributed by atoms with Crippen molar-refractivity contribution in [1.82, 2.24) is 4.98 Å². The fourth-order valence-corrected chi connectivity index (χ4v) is 1.52. The summed E-state index contributed by atoms with van der Waals surface area (Å²) >= 11 is 0. The summed E-state index contributed by atoms with van der Waals surface area (Å²) in [5.41, 5.74) is 2.78. The number of carbonyl (C=O) groups excluding carboxylic acids is 1. The zero-order valence-corrected chi connectivity index (χ0v) is 9.90. The van der Waals surface area contributed by atoms with E-state index in [0.29, 0.717) is 11.4 Å². The van der Waals surface area contributed by atoms with Gasteiger partial charge in [-0.3, -0.25) is 4.79 Å². The van der Waals surface area contributed by atoms with Crippen LogP contribution in [-0.4, -0.2) is 10.9 Å². The van der Waals surface area contributed by atoms with Crippen LogP contribution in [0.1, 0.15) is 21.5 Å². The van der Waals surface area contributed by atoms with Crippen molar-refractivity contribution in [2.45, 2.75) is 13.8 Å². The molecule has 0 atom stereocenters. The topological polar surface area (TPSA) is 42.0 Å². The van der Waals surface area contributed by atoms with Crippen LogP contribution < -0.4 is 5.32 Å². The van der Waals surface area contributed by atoms with E-state index < -0.39 is 0 Å². The lowest BCUT2D eigenvalue weighted by molar-refractivity contribution is 0.102. The fraction of sp³-hybridized carbons (Fsp3) is 0.143. The molecule has 0 aliphatic rings. The van der Waals surface area contributed by atoms with E-state index in [1.165, 1.54) is 0 Å². The molecular formula is C14H14N2O. The molecule has 1 aromatic heterocycles. The number of pyridine rings is 1. The van der Waals surface area contributed by atoms with Crippen LogP contribution in [0, 0.1) is 13.8 Å². The predicted molar refractivity (Wildman–Crippen MR) is 68.1 cm³/mol. The van der Waals surface area contributed by atoms with Gasteiger partial charge >= 0.3 is 0 Å². The Morgan fingerprint density at radius 1 is 1.12 bits per heavy atom. The Morgan fingerprint density at radius 2 is 1.94 bits per heavy atom. The van der Waals surface area contributed by atoms with Crippen molar-refractivity contribution in [1.29, 1.82) is 0 Å². The molecule has 0 aliphatic carbocycles. The van der Waals surface area contributed by atoms with E-state index in [-0.39, 0.29) is 5.91 Å². The zero-order valence-electron chi connectivity index (χ0n) is 9.90. The van der Waals surface area contributed by atoms with Crippen molar-refractivity contribution in [2.75, 3.05) is 5.32 Å². The van der Waals surface area contributed by atoms with E-state index in [4.69, 9.17) is 0 Å². The Balaban J connectivity index is 2.14. The largest absolute Gasteiger partial charge is 0.307 e. The lowest BCUT2D eigenvalue weighted by atomic mass is 10.1. The fourth-order valence-electron chi connectivity index (χ4n) is 1.52. The second kappa shape index (κ2) is 4.78. The molecule has 0 bridgehead atoms. The number of hydrogen-bond acceptors (Lipinski definition) is 2. The molecule has 0 unspecified atom stereocenters. The summed E-state index contributed by atoms with van der Waals surface area (Å²) < 4.78 is 0. The first kappa shape index (κ1) is 11.3. The van der Waals surface area contributed by atoms with E-state index in [9.17, 15) is 4.79 Å². The third-order valence-electron chi connectivity index (χ3n) is 2.43. The SMILES string of the molecule is Cc1ccc(NC(=O)c2cccc(C)c2)nc1. The monoisotopic (exact) mass is 226 g/mol. The van der Waals surface area contributed by atoms with Crippen LogP contribution in [-0.2, 0) is 0 Å². The van der Waals surface area contributed by atoms with Gasteiger partial charge in [0.1, 0.15) is 5.82 Å². The molecule has 3 nitrogen and oxygen atoms in total. The number of aromatic nitrogens is 1. The van der Waals surface area contributed by atoms with E-state index in [2.05, 4.69) is 10.3 Å². The molecule has 17 heavy (non-hydrogen) atoms. The number of amides is 1. The second-order valence-corrected chi connectivity index (χ2v) is 4.04. The number of nitrogens with zero attached hydrogens (tertiary/aromatic N) is 1. The number of aryl methyl sites for hydroxylation is 2. The first-order chi connectivity index (χ1) is 8.15. The maximum atomic E-state index is 11.9. The first-order valence-corrected chi connectivity index (χ1v) is 5.46. The van der Waals surface area contributed by atoms with Crippen LogP contribution in [0.5, 0.6) is 0 Å². The van der Waals surface area contributed by atoms with Gasteiger partial charge in [0.25, 0.3) is 5.91 Å². The minimum atomic E-state index is -0.134. The lowest BCUT2D eigenvalue weighted by Gasteiger charge is -2.05. The van der Waals surface area contributed by atoms with Crippen molar-refractivity contribution >= 4 is 11.7 Å². The standard InChI is InChI=1S/C14H14N2O/c1-10-4-3-5-12(8-10)14(17)16-13-7-6-11(2)9-15-13/h3-9H,1-2H3,(H,15,16,17). The minimum absolute atomic E-state index is 0.134. The summed E-state index contributed by atoms with van der Waals surface area (Å²) in [5, 5.41) is 2.76. The predicted octanol–water partition coefficient (Wildman–Crippen LogP) is 2.95. The highest BCUT2D eigenvalue weighted by molar-refractivity contribution is 6.03. The molecule has 0 saturated heterocycles. The summed E-state index contributed by atoms with van der Waals surface area (Å²) in [6, 6.07) is 11.2. The molecule has 1 N–H and O–H groups in total. The van der Waals surface area contributed by atoms with Crippen LogP contribution >= 0.6 is 0 Å². The third-order valence-corrected chi connectivity index (χ3v) is 2.43. The first-order valence-electron chi connectivity index (χ1n) is 5.46. The Labute approximate surface area is 101 Å². The van der Waals surface area contributed by atoms with Gasteiger partial charge in [0, 0.05) is 11.8 Å². The van der Waals surface area contributed by atoms with Crippen molar-refractivity contribution < 1.29 is 4.79 Å². The van der Waals surface area contributed by atoms with Gasteiger partial charge in [-0.25, -0.2) is 4.98 Å². The summed E-state index contributed by atoms with van der Waals surface area (Å²) in [7, 11) is 0. The molecule has 2 aromatic rings. The maximum absolute atomic E-state index is 11.9. The van der Waals surface area contributed by atoms with Crippen LogP contribution in [0.4, 0.5) is 5.82 Å². The Morgan fingerprint density at radius 3 is 2.59 bits per heavy atom. The molecule has 0 spiro atoms. The third kappa shape index (κ3) is 2.91. The number of carbonyl (C=O) groups is 1. The molecule has 0 radical (unpaired) electrons. The van der Waals surface area contributed by atoms with Gasteiger partial charge in [-0.1, -0.05) is 23.8 Å². The van der Waals surface area contributed by atoms with Crippen LogP contribution in [0.25, 0.3) is 0 Å². The smallest absolute Gasteiger partial charge is 0.256 e. The number of nitrogens with one attached hydrogen (secondary N) is 1. The average molecular weight is 226 g/mol. The van der Waals surface area contributed by atoms with Crippen molar-refractivity contribution in [3.05, 3.63) is 59.3 Å². The summed E-state index contributed by atoms with van der Waals surface area (Å²) in [4.78, 5) is 16.0. The van der Waals surface area contributed by atoms with Crippen LogP contribution in [0.2, 0.25) is 0 Å². The van der Waals surface area contributed by atoms with Gasteiger partial charge in [0.15, 0.2) is 0 Å². The molecule has 1 amide bonds. The Bertz CT molecular complexity index is 532. The summed E-state index contributed by atoms with van der Waals surface area (Å²) in [6.45, 7) is 3.92. The lowest BCUT2D eigenvalue weighted by Crippen LogP contribution is -2.12. The van der Waals surface area contributed by atoms with Gasteiger partial charge in [-0.2, -0.15) is 0 Å². The van der Waals surface area contributed by atoms with Crippen molar-refractivity contribution in [2.24, 2.45) is 0 Å². The highest BCUT2D eigenvalue weighted by Gasteiger charge is 2.06. The zero-order chi connectivity index (χ0) is 12.3. The van der Waals surface area contributed by atoms with E-state index in [1.54, 1.807) is 18.3 Å². The van der Waals surface area contributed by atoms with Gasteiger partial charge in [0.05, 0.1) is 0 Å². The Hall–Kier alpha value is -2.16. The molecule has 0 aliphatic heterocycles. The maximum Gasteiger partial charge on any atom is 0.256 e. The van der Waals surface area contributed by atoms with Crippen LogP contribution in [0.3, 0.4) is 0 Å². The molecule has 2 rings (SSSR count). The van der Waals surface area contributed by atoms with Gasteiger partial charge in [-0.15, -0.1) is 0 Å². The number of hydrogen-bond donors (Lipinski definition) is 1. The molecule has 1 heterocycles. The minimum Gasteiger partial charge on any atom is -0.307 e. The number of anilines is 1. The molecule has 0 saturated carbocycles. The van der Waals surface area contributed by atoms with Gasteiger partial charge < -0.3 is 5.32 Å². The highest BCUT2D eigenvalue weighted by atomic mass is 16.1. The molecule has 86 valence electrons. The van der Waals surface area contributed by atoms with Crippen LogP contribution in [0.15, 0.2) is 42.6 Å². The quantitative estimate of drug-likeness (QED) is 0.855. The number of rotatable bonds is 2. The molecule has 3 heteroatoms. The Kier molecular flexibility index (Phi) is 3.19. The second-order valence-electron chi connectivity index (χ2n) is 4.04. The number of benzene rings is 1. The van der Waals surface area contributed by atoms with Gasteiger partial charge in [0.2, 0.25) is 0 Å². The average Bonchev–Trinajstić information content (AvgIpc) is 2.32. The van der Waals surface area contributed by atoms with Crippen molar-refractivity contribution in [3.63, 3.8) is 0 Å². The molecule has 1 aromatic carbocycles. The van der Waals surface area contributed by atoms with E-state index >= 15 is 0 Å². The van der Waals surface area contributed by atoms with E-state index in [0.717, 1.165) is 11.1 Å².